The van der Waals surface area contributed by atoms with E-state index in [0.717, 1.165) is 18.2 Å². The normalized spacial score (nSPS) is 14.1. The minimum absolute atomic E-state index is 0.468. The fourth-order valence-electron chi connectivity index (χ4n) is 2.42. The van der Waals surface area contributed by atoms with E-state index in [0.29, 0.717) is 17.5 Å². The van der Waals surface area contributed by atoms with E-state index in [4.69, 9.17) is 0 Å². The third-order valence-corrected chi connectivity index (χ3v) is 3.55. The molecule has 4 heteroatoms. The second kappa shape index (κ2) is 6.48. The van der Waals surface area contributed by atoms with Gasteiger partial charge in [0.05, 0.1) is 17.5 Å². The summed E-state index contributed by atoms with van der Waals surface area (Å²) in [4.78, 5) is 15.6. The van der Waals surface area contributed by atoms with Crippen LogP contribution in [0.1, 0.15) is 37.9 Å². The maximum atomic E-state index is 11.4. The van der Waals surface area contributed by atoms with E-state index >= 15 is 0 Å². The summed E-state index contributed by atoms with van der Waals surface area (Å²) in [5, 5.41) is 20.7. The van der Waals surface area contributed by atoms with Crippen LogP contribution in [-0.2, 0) is 4.79 Å². The van der Waals surface area contributed by atoms with Gasteiger partial charge in [0, 0.05) is 17.1 Å². The first-order valence-corrected chi connectivity index (χ1v) is 6.89. The van der Waals surface area contributed by atoms with E-state index in [9.17, 15) is 15.0 Å². The minimum atomic E-state index is -1.03. The molecular weight excluding hydrogens is 254 g/mol. The Balaban J connectivity index is 2.38. The average molecular weight is 273 g/mol. The van der Waals surface area contributed by atoms with Crippen molar-refractivity contribution in [3.8, 4) is 0 Å². The van der Waals surface area contributed by atoms with Crippen LogP contribution in [0.3, 0.4) is 0 Å². The smallest absolute Gasteiger partial charge is 0.309 e. The third kappa shape index (κ3) is 2.96. The molecule has 2 N–H and O–H groups in total. The molecule has 2 unspecified atom stereocenters. The highest BCUT2D eigenvalue weighted by Gasteiger charge is 2.28. The van der Waals surface area contributed by atoms with Gasteiger partial charge in [-0.25, -0.2) is 0 Å². The quantitative estimate of drug-likeness (QED) is 0.848. The fourth-order valence-corrected chi connectivity index (χ4v) is 2.42. The summed E-state index contributed by atoms with van der Waals surface area (Å²) in [5.41, 5.74) is 1.26. The molecule has 1 aromatic carbocycles. The standard InChI is InChI=1S/C16H19NO3/c1-2-3-8-13(16(19)20)15(18)12-9-4-6-11-7-5-10-17-14(11)12/h4-7,9-10,13,15,18H,2-3,8H2,1H3,(H,19,20). The molecule has 2 atom stereocenters. The van der Waals surface area contributed by atoms with Crippen LogP contribution in [-0.4, -0.2) is 21.2 Å². The van der Waals surface area contributed by atoms with E-state index in [2.05, 4.69) is 4.98 Å². The van der Waals surface area contributed by atoms with Gasteiger partial charge in [-0.2, -0.15) is 0 Å². The number of carbonyl (C=O) groups is 1. The Labute approximate surface area is 118 Å². The molecular formula is C16H19NO3. The first-order valence-electron chi connectivity index (χ1n) is 6.89. The van der Waals surface area contributed by atoms with E-state index < -0.39 is 18.0 Å². The molecule has 0 spiro atoms. The minimum Gasteiger partial charge on any atom is -0.481 e. The van der Waals surface area contributed by atoms with Gasteiger partial charge in [0.1, 0.15) is 0 Å². The summed E-state index contributed by atoms with van der Waals surface area (Å²) in [5.74, 6) is -1.75. The van der Waals surface area contributed by atoms with Gasteiger partial charge >= 0.3 is 5.97 Å². The molecule has 0 saturated carbocycles. The number of para-hydroxylation sites is 1. The summed E-state index contributed by atoms with van der Waals surface area (Å²) in [6, 6.07) is 9.20. The number of unbranched alkanes of at least 4 members (excludes halogenated alkanes) is 1. The second-order valence-corrected chi connectivity index (χ2v) is 4.95. The number of aliphatic carboxylic acids is 1. The SMILES string of the molecule is CCCCC(C(=O)O)C(O)c1cccc2cccnc12. The molecule has 1 heterocycles. The van der Waals surface area contributed by atoms with Crippen LogP contribution in [0, 0.1) is 5.92 Å². The predicted octanol–water partition coefficient (Wildman–Crippen LogP) is 3.16. The van der Waals surface area contributed by atoms with Gasteiger partial charge in [0.25, 0.3) is 0 Å². The van der Waals surface area contributed by atoms with Crippen molar-refractivity contribution < 1.29 is 15.0 Å². The number of hydrogen-bond donors (Lipinski definition) is 2. The molecule has 0 aliphatic heterocycles. The lowest BCUT2D eigenvalue weighted by Gasteiger charge is -2.20. The molecule has 0 bridgehead atoms. The van der Waals surface area contributed by atoms with E-state index in [1.54, 1.807) is 12.3 Å². The number of fused-ring (bicyclic) bond motifs is 1. The Hall–Kier alpha value is -1.94. The van der Waals surface area contributed by atoms with E-state index in [1.165, 1.54) is 0 Å². The Morgan fingerprint density at radius 2 is 2.05 bits per heavy atom. The zero-order valence-electron chi connectivity index (χ0n) is 11.5. The highest BCUT2D eigenvalue weighted by Crippen LogP contribution is 2.30. The van der Waals surface area contributed by atoms with Gasteiger partial charge < -0.3 is 10.2 Å². The van der Waals surface area contributed by atoms with Crippen molar-refractivity contribution in [2.75, 3.05) is 0 Å². The largest absolute Gasteiger partial charge is 0.481 e. The van der Waals surface area contributed by atoms with Crippen LogP contribution < -0.4 is 0 Å². The van der Waals surface area contributed by atoms with Crippen molar-refractivity contribution in [3.63, 3.8) is 0 Å². The topological polar surface area (TPSA) is 70.4 Å². The lowest BCUT2D eigenvalue weighted by Crippen LogP contribution is -2.22. The highest BCUT2D eigenvalue weighted by molar-refractivity contribution is 5.82. The fraction of sp³-hybridized carbons (Fsp3) is 0.375. The van der Waals surface area contributed by atoms with Crippen LogP contribution in [0.2, 0.25) is 0 Å². The number of aliphatic hydroxyl groups excluding tert-OH is 1. The van der Waals surface area contributed by atoms with Crippen molar-refractivity contribution >= 4 is 16.9 Å². The van der Waals surface area contributed by atoms with E-state index in [-0.39, 0.29) is 0 Å². The van der Waals surface area contributed by atoms with Crippen molar-refractivity contribution in [2.45, 2.75) is 32.3 Å². The maximum absolute atomic E-state index is 11.4. The van der Waals surface area contributed by atoms with Crippen molar-refractivity contribution in [3.05, 3.63) is 42.1 Å². The molecule has 2 rings (SSSR count). The Bertz CT molecular complexity index is 592. The molecule has 0 amide bonds. The zero-order valence-corrected chi connectivity index (χ0v) is 11.5. The van der Waals surface area contributed by atoms with Crippen molar-refractivity contribution in [2.24, 2.45) is 5.92 Å². The molecule has 1 aromatic heterocycles. The monoisotopic (exact) mass is 273 g/mol. The summed E-state index contributed by atoms with van der Waals surface area (Å²) < 4.78 is 0. The van der Waals surface area contributed by atoms with Gasteiger partial charge in [0.15, 0.2) is 0 Å². The first kappa shape index (κ1) is 14.5. The molecule has 0 aliphatic rings. The predicted molar refractivity (Wildman–Crippen MR) is 77.4 cm³/mol. The summed E-state index contributed by atoms with van der Waals surface area (Å²) in [6.07, 6.45) is 2.78. The van der Waals surface area contributed by atoms with Gasteiger partial charge in [0.2, 0.25) is 0 Å². The molecule has 106 valence electrons. The van der Waals surface area contributed by atoms with Crippen LogP contribution >= 0.6 is 0 Å². The molecule has 20 heavy (non-hydrogen) atoms. The molecule has 0 saturated heterocycles. The van der Waals surface area contributed by atoms with Crippen molar-refractivity contribution in [1.82, 2.24) is 4.98 Å². The van der Waals surface area contributed by atoms with Crippen molar-refractivity contribution in [1.29, 1.82) is 0 Å². The Kier molecular flexibility index (Phi) is 4.69. The van der Waals surface area contributed by atoms with Crippen LogP contribution in [0.25, 0.3) is 10.9 Å². The van der Waals surface area contributed by atoms with Gasteiger partial charge in [-0.3, -0.25) is 9.78 Å². The Morgan fingerprint density at radius 3 is 2.75 bits per heavy atom. The number of rotatable bonds is 6. The number of nitrogens with zero attached hydrogens (tertiary/aromatic N) is 1. The number of benzene rings is 1. The number of hydrogen-bond acceptors (Lipinski definition) is 3. The van der Waals surface area contributed by atoms with Gasteiger partial charge in [-0.05, 0) is 12.5 Å². The lowest BCUT2D eigenvalue weighted by atomic mass is 9.90. The summed E-state index contributed by atoms with van der Waals surface area (Å²) in [7, 11) is 0. The summed E-state index contributed by atoms with van der Waals surface area (Å²) in [6.45, 7) is 2.00. The first-order chi connectivity index (χ1) is 9.65. The van der Waals surface area contributed by atoms with E-state index in [1.807, 2.05) is 31.2 Å². The molecule has 0 fully saturated rings. The number of aliphatic hydroxyl groups is 1. The third-order valence-electron chi connectivity index (χ3n) is 3.55. The Morgan fingerprint density at radius 1 is 1.30 bits per heavy atom. The highest BCUT2D eigenvalue weighted by atomic mass is 16.4. The number of pyridine rings is 1. The number of aromatic nitrogens is 1. The van der Waals surface area contributed by atoms with Crippen LogP contribution in [0.4, 0.5) is 0 Å². The second-order valence-electron chi connectivity index (χ2n) is 4.95. The van der Waals surface area contributed by atoms with Gasteiger partial charge in [-0.15, -0.1) is 0 Å². The number of carboxylic acids is 1. The van der Waals surface area contributed by atoms with Crippen LogP contribution in [0.5, 0.6) is 0 Å². The lowest BCUT2D eigenvalue weighted by molar-refractivity contribution is -0.146. The van der Waals surface area contributed by atoms with Crippen LogP contribution in [0.15, 0.2) is 36.5 Å². The molecule has 2 aromatic rings. The zero-order chi connectivity index (χ0) is 14.5. The van der Waals surface area contributed by atoms with Gasteiger partial charge in [-0.1, -0.05) is 44.0 Å². The summed E-state index contributed by atoms with van der Waals surface area (Å²) >= 11 is 0. The molecule has 0 aliphatic carbocycles. The average Bonchev–Trinajstić information content (AvgIpc) is 2.46. The molecule has 4 nitrogen and oxygen atoms in total. The molecule has 0 radical (unpaired) electrons. The maximum Gasteiger partial charge on any atom is 0.309 e. The number of carboxylic acid groups (broad SMARTS) is 1.